The number of benzene rings is 2. The maximum atomic E-state index is 13.0. The quantitative estimate of drug-likeness (QED) is 0.686. The van der Waals surface area contributed by atoms with Gasteiger partial charge in [-0.2, -0.15) is 0 Å². The third-order valence-corrected chi connectivity index (χ3v) is 6.58. The first-order valence-electron chi connectivity index (χ1n) is 10.5. The number of rotatable bonds is 4. The predicted octanol–water partition coefficient (Wildman–Crippen LogP) is 4.07. The van der Waals surface area contributed by atoms with Crippen molar-refractivity contribution in [3.8, 4) is 23.0 Å². The van der Waals surface area contributed by atoms with Crippen molar-refractivity contribution in [2.24, 2.45) is 0 Å². The maximum Gasteiger partial charge on any atom is 0.233 e. The second-order valence-corrected chi connectivity index (χ2v) is 8.64. The van der Waals surface area contributed by atoms with Gasteiger partial charge < -0.3 is 23.8 Å². The Balaban J connectivity index is 1.25. The molecule has 3 aliphatic heterocycles. The van der Waals surface area contributed by atoms with E-state index in [0.717, 1.165) is 59.3 Å². The molecule has 0 N–H and O–H groups in total. The van der Waals surface area contributed by atoms with E-state index in [-0.39, 0.29) is 11.9 Å². The number of nitrogens with zero attached hydrogens (tertiary/aromatic N) is 1. The number of carbonyl (C=O) groups excluding carboxylic acids is 1. The molecule has 1 amide bonds. The number of fused-ring (bicyclic) bond motifs is 2. The van der Waals surface area contributed by atoms with Gasteiger partial charge >= 0.3 is 0 Å². The first-order chi connectivity index (χ1) is 14.8. The van der Waals surface area contributed by atoms with Gasteiger partial charge in [-0.15, -0.1) is 11.8 Å². The van der Waals surface area contributed by atoms with Crippen LogP contribution in [0.3, 0.4) is 0 Å². The standard InChI is InChI=1S/C23H25NO5S/c25-23(15-30-17-5-7-20-22(14-17)27-10-2-9-26-20)24-8-1-3-18(24)16-4-6-19-21(13-16)29-12-11-28-19/h4-7,13-14,18H,1-3,8-12,15H2. The van der Waals surface area contributed by atoms with Crippen LogP contribution in [0.1, 0.15) is 30.9 Å². The van der Waals surface area contributed by atoms with Gasteiger partial charge in [0.25, 0.3) is 0 Å². The zero-order chi connectivity index (χ0) is 20.3. The lowest BCUT2D eigenvalue weighted by atomic mass is 10.0. The van der Waals surface area contributed by atoms with E-state index in [4.69, 9.17) is 18.9 Å². The number of ether oxygens (including phenoxy) is 4. The second-order valence-electron chi connectivity index (χ2n) is 7.60. The van der Waals surface area contributed by atoms with Crippen molar-refractivity contribution in [2.75, 3.05) is 38.7 Å². The molecule has 158 valence electrons. The molecule has 6 nitrogen and oxygen atoms in total. The van der Waals surface area contributed by atoms with E-state index in [1.54, 1.807) is 11.8 Å². The highest BCUT2D eigenvalue weighted by Crippen LogP contribution is 2.39. The fourth-order valence-electron chi connectivity index (χ4n) is 4.14. The van der Waals surface area contributed by atoms with E-state index in [1.165, 1.54) is 0 Å². The maximum absolute atomic E-state index is 13.0. The van der Waals surface area contributed by atoms with Crippen molar-refractivity contribution in [3.05, 3.63) is 42.0 Å². The molecule has 1 fully saturated rings. The molecule has 1 atom stereocenters. The predicted molar refractivity (Wildman–Crippen MR) is 114 cm³/mol. The van der Waals surface area contributed by atoms with Crippen LogP contribution in [0.5, 0.6) is 23.0 Å². The second kappa shape index (κ2) is 8.68. The van der Waals surface area contributed by atoms with Gasteiger partial charge in [0.2, 0.25) is 5.91 Å². The Labute approximate surface area is 180 Å². The van der Waals surface area contributed by atoms with Crippen molar-refractivity contribution in [1.82, 2.24) is 4.90 Å². The third kappa shape index (κ3) is 4.03. The Morgan fingerprint density at radius 1 is 0.867 bits per heavy atom. The summed E-state index contributed by atoms with van der Waals surface area (Å²) in [5, 5.41) is 0. The van der Waals surface area contributed by atoms with E-state index in [1.807, 2.05) is 35.2 Å². The fourth-order valence-corrected chi connectivity index (χ4v) is 4.95. The minimum absolute atomic E-state index is 0.0951. The topological polar surface area (TPSA) is 57.2 Å². The zero-order valence-corrected chi connectivity index (χ0v) is 17.6. The zero-order valence-electron chi connectivity index (χ0n) is 16.8. The average molecular weight is 428 g/mol. The summed E-state index contributed by atoms with van der Waals surface area (Å²) < 4.78 is 22.8. The number of amides is 1. The SMILES string of the molecule is O=C(CSc1ccc2c(c1)OCCCO2)N1CCCC1c1ccc2c(c1)OCCO2. The van der Waals surface area contributed by atoms with Crippen LogP contribution in [-0.4, -0.2) is 49.5 Å². The van der Waals surface area contributed by atoms with Crippen LogP contribution < -0.4 is 18.9 Å². The number of likely N-dealkylation sites (tertiary alicyclic amines) is 1. The molecular formula is C23H25NO5S. The number of hydrogen-bond donors (Lipinski definition) is 0. The molecule has 0 radical (unpaired) electrons. The van der Waals surface area contributed by atoms with Crippen molar-refractivity contribution in [3.63, 3.8) is 0 Å². The smallest absolute Gasteiger partial charge is 0.233 e. The van der Waals surface area contributed by atoms with Crippen LogP contribution in [0, 0.1) is 0 Å². The van der Waals surface area contributed by atoms with Crippen LogP contribution in [0.4, 0.5) is 0 Å². The van der Waals surface area contributed by atoms with E-state index in [2.05, 4.69) is 6.07 Å². The molecule has 2 aromatic carbocycles. The molecule has 0 saturated carbocycles. The molecule has 2 aromatic rings. The van der Waals surface area contributed by atoms with Gasteiger partial charge in [0.15, 0.2) is 23.0 Å². The molecule has 1 unspecified atom stereocenters. The normalized spacial score (nSPS) is 20.0. The molecule has 0 spiro atoms. The van der Waals surface area contributed by atoms with Crippen molar-refractivity contribution >= 4 is 17.7 Å². The van der Waals surface area contributed by atoms with Gasteiger partial charge in [-0.05, 0) is 48.7 Å². The van der Waals surface area contributed by atoms with Gasteiger partial charge in [-0.3, -0.25) is 4.79 Å². The Morgan fingerprint density at radius 3 is 2.43 bits per heavy atom. The van der Waals surface area contributed by atoms with Crippen molar-refractivity contribution in [1.29, 1.82) is 0 Å². The minimum atomic E-state index is 0.0951. The lowest BCUT2D eigenvalue weighted by Gasteiger charge is -2.26. The lowest BCUT2D eigenvalue weighted by Crippen LogP contribution is -2.32. The Kier molecular flexibility index (Phi) is 5.62. The van der Waals surface area contributed by atoms with Gasteiger partial charge in [0.05, 0.1) is 25.0 Å². The fraction of sp³-hybridized carbons (Fsp3) is 0.435. The van der Waals surface area contributed by atoms with Gasteiger partial charge in [-0.25, -0.2) is 0 Å². The van der Waals surface area contributed by atoms with Crippen LogP contribution in [0.2, 0.25) is 0 Å². The lowest BCUT2D eigenvalue weighted by molar-refractivity contribution is -0.129. The molecule has 3 heterocycles. The Morgan fingerprint density at radius 2 is 1.57 bits per heavy atom. The number of carbonyl (C=O) groups is 1. The Hall–Kier alpha value is -2.54. The summed E-state index contributed by atoms with van der Waals surface area (Å²) in [6.07, 6.45) is 2.87. The first-order valence-corrected chi connectivity index (χ1v) is 11.5. The van der Waals surface area contributed by atoms with Crippen LogP contribution in [0.15, 0.2) is 41.3 Å². The molecule has 30 heavy (non-hydrogen) atoms. The summed E-state index contributed by atoms with van der Waals surface area (Å²) in [5.41, 5.74) is 1.12. The van der Waals surface area contributed by atoms with E-state index < -0.39 is 0 Å². The number of hydrogen-bond acceptors (Lipinski definition) is 6. The van der Waals surface area contributed by atoms with E-state index >= 15 is 0 Å². The average Bonchev–Trinajstić information content (AvgIpc) is 3.16. The van der Waals surface area contributed by atoms with Crippen molar-refractivity contribution in [2.45, 2.75) is 30.2 Å². The highest BCUT2D eigenvalue weighted by Gasteiger charge is 2.30. The summed E-state index contributed by atoms with van der Waals surface area (Å²) in [7, 11) is 0. The highest BCUT2D eigenvalue weighted by atomic mass is 32.2. The summed E-state index contributed by atoms with van der Waals surface area (Å²) in [6.45, 7) is 3.27. The van der Waals surface area contributed by atoms with Crippen molar-refractivity contribution < 1.29 is 23.7 Å². The summed E-state index contributed by atoms with van der Waals surface area (Å²) >= 11 is 1.54. The molecular weight excluding hydrogens is 402 g/mol. The van der Waals surface area contributed by atoms with E-state index in [9.17, 15) is 4.79 Å². The third-order valence-electron chi connectivity index (χ3n) is 5.61. The van der Waals surface area contributed by atoms with Crippen LogP contribution in [-0.2, 0) is 4.79 Å². The minimum Gasteiger partial charge on any atom is -0.490 e. The van der Waals surface area contributed by atoms with Crippen LogP contribution in [0.25, 0.3) is 0 Å². The van der Waals surface area contributed by atoms with Gasteiger partial charge in [-0.1, -0.05) is 6.07 Å². The van der Waals surface area contributed by atoms with E-state index in [0.29, 0.717) is 32.2 Å². The highest BCUT2D eigenvalue weighted by molar-refractivity contribution is 8.00. The largest absolute Gasteiger partial charge is 0.490 e. The van der Waals surface area contributed by atoms with Crippen LogP contribution >= 0.6 is 11.8 Å². The molecule has 3 aliphatic rings. The van der Waals surface area contributed by atoms with Gasteiger partial charge in [0.1, 0.15) is 13.2 Å². The molecule has 5 rings (SSSR count). The molecule has 0 aromatic heterocycles. The summed E-state index contributed by atoms with van der Waals surface area (Å²) in [6, 6.07) is 12.0. The molecule has 1 saturated heterocycles. The molecule has 7 heteroatoms. The molecule has 0 bridgehead atoms. The summed E-state index contributed by atoms with van der Waals surface area (Å²) in [4.78, 5) is 16.0. The summed E-state index contributed by atoms with van der Waals surface area (Å²) in [5.74, 6) is 3.66. The molecule has 0 aliphatic carbocycles. The monoisotopic (exact) mass is 427 g/mol. The van der Waals surface area contributed by atoms with Gasteiger partial charge in [0, 0.05) is 17.9 Å². The Bertz CT molecular complexity index is 934. The first kappa shape index (κ1) is 19.4. The number of thioether (sulfide) groups is 1.